The highest BCUT2D eigenvalue weighted by Crippen LogP contribution is 2.40. The van der Waals surface area contributed by atoms with Crippen molar-refractivity contribution in [3.63, 3.8) is 0 Å². The Balaban J connectivity index is 2.23. The molecule has 1 aromatic carbocycles. The van der Waals surface area contributed by atoms with E-state index in [2.05, 4.69) is 27.6 Å². The quantitative estimate of drug-likeness (QED) is 0.528. The Morgan fingerprint density at radius 2 is 2.13 bits per heavy atom. The molecule has 1 heterocycles. The second-order valence-corrected chi connectivity index (χ2v) is 9.36. The molecule has 0 saturated carbocycles. The van der Waals surface area contributed by atoms with Gasteiger partial charge in [0.05, 0.1) is 5.04 Å². The molecule has 0 radical (unpaired) electrons. The van der Waals surface area contributed by atoms with Crippen LogP contribution in [0.15, 0.2) is 23.2 Å². The van der Waals surface area contributed by atoms with E-state index in [0.717, 1.165) is 15.7 Å². The molecule has 0 aromatic heterocycles. The molecule has 1 aromatic rings. The first-order valence-corrected chi connectivity index (χ1v) is 9.54. The Hall–Kier alpha value is -0.630. The lowest BCUT2D eigenvalue weighted by molar-refractivity contribution is 0.0604. The second-order valence-electron chi connectivity index (χ2n) is 6.95. The van der Waals surface area contributed by atoms with Crippen molar-refractivity contribution in [2.45, 2.75) is 51.6 Å². The first-order chi connectivity index (χ1) is 10.6. The third-order valence-corrected chi connectivity index (χ3v) is 5.30. The van der Waals surface area contributed by atoms with Crippen LogP contribution >= 0.6 is 34.4 Å². The van der Waals surface area contributed by atoms with Gasteiger partial charge >= 0.3 is 6.09 Å². The highest BCUT2D eigenvalue weighted by Gasteiger charge is 2.35. The van der Waals surface area contributed by atoms with E-state index in [1.165, 1.54) is 6.07 Å². The molecule has 0 spiro atoms. The van der Waals surface area contributed by atoms with Gasteiger partial charge in [-0.3, -0.25) is 0 Å². The van der Waals surface area contributed by atoms with Crippen molar-refractivity contribution >= 4 is 45.5 Å². The molecule has 1 saturated heterocycles. The number of thioether (sulfide) groups is 1. The van der Waals surface area contributed by atoms with Gasteiger partial charge in [-0.25, -0.2) is 9.18 Å². The molecule has 6 heteroatoms. The van der Waals surface area contributed by atoms with Gasteiger partial charge in [-0.2, -0.15) is 4.99 Å². The summed E-state index contributed by atoms with van der Waals surface area (Å²) in [7, 11) is 0. The molecule has 3 nitrogen and oxygen atoms in total. The van der Waals surface area contributed by atoms with Crippen LogP contribution < -0.4 is 0 Å². The van der Waals surface area contributed by atoms with Gasteiger partial charge in [0.1, 0.15) is 11.4 Å². The number of amides is 1. The fraction of sp³-hybridized carbons (Fsp3) is 0.529. The van der Waals surface area contributed by atoms with Crippen molar-refractivity contribution in [3.05, 3.63) is 33.1 Å². The van der Waals surface area contributed by atoms with Crippen LogP contribution in [0.5, 0.6) is 0 Å². The van der Waals surface area contributed by atoms with E-state index in [1.54, 1.807) is 17.8 Å². The molecule has 0 bridgehead atoms. The van der Waals surface area contributed by atoms with Gasteiger partial charge < -0.3 is 4.74 Å². The van der Waals surface area contributed by atoms with Gasteiger partial charge in [0.2, 0.25) is 0 Å². The van der Waals surface area contributed by atoms with Crippen LogP contribution in [-0.4, -0.2) is 22.5 Å². The van der Waals surface area contributed by atoms with E-state index in [-0.39, 0.29) is 11.2 Å². The molecular weight excluding hydrogens is 428 g/mol. The summed E-state index contributed by atoms with van der Waals surface area (Å²) < 4.78 is 20.5. The van der Waals surface area contributed by atoms with Crippen LogP contribution in [0.3, 0.4) is 0 Å². The maximum Gasteiger partial charge on any atom is 0.434 e. The Bertz CT molecular complexity index is 642. The van der Waals surface area contributed by atoms with Crippen LogP contribution in [0, 0.1) is 9.39 Å². The first kappa shape index (κ1) is 18.7. The maximum absolute atomic E-state index is 14.3. The number of carbonyl (C=O) groups is 1. The summed E-state index contributed by atoms with van der Waals surface area (Å²) in [5, 5.41) is 0.714. The lowest BCUT2D eigenvalue weighted by Crippen LogP contribution is -2.31. The highest BCUT2D eigenvalue weighted by molar-refractivity contribution is 14.1. The van der Waals surface area contributed by atoms with E-state index < -0.39 is 11.7 Å². The fourth-order valence-corrected chi connectivity index (χ4v) is 4.35. The van der Waals surface area contributed by atoms with Crippen LogP contribution in [-0.2, 0) is 10.2 Å². The largest absolute Gasteiger partial charge is 0.442 e. The minimum Gasteiger partial charge on any atom is -0.442 e. The van der Waals surface area contributed by atoms with Crippen molar-refractivity contribution in [2.75, 3.05) is 5.75 Å². The molecule has 1 aliphatic rings. The summed E-state index contributed by atoms with van der Waals surface area (Å²) in [5.41, 5.74) is -0.218. The average Bonchev–Trinajstić information content (AvgIpc) is 2.39. The lowest BCUT2D eigenvalue weighted by Gasteiger charge is -2.34. The van der Waals surface area contributed by atoms with Crippen molar-refractivity contribution in [1.29, 1.82) is 0 Å². The number of benzene rings is 1. The Labute approximate surface area is 154 Å². The number of nitrogens with zero attached hydrogens (tertiary/aromatic N) is 1. The molecule has 1 atom stereocenters. The summed E-state index contributed by atoms with van der Waals surface area (Å²) in [4.78, 5) is 16.0. The summed E-state index contributed by atoms with van der Waals surface area (Å²) >= 11 is 3.74. The SMILES string of the molecule is CC(C)(C)OC(=O)N=C1C[C@](C)(c2cc(I)ccc2F)CCS1. The molecule has 2 rings (SSSR count). The zero-order valence-electron chi connectivity index (χ0n) is 13.8. The number of hydrogen-bond donors (Lipinski definition) is 0. The van der Waals surface area contributed by atoms with Gasteiger partial charge in [-0.1, -0.05) is 6.92 Å². The molecule has 0 N–H and O–H groups in total. The van der Waals surface area contributed by atoms with Crippen LogP contribution in [0.4, 0.5) is 9.18 Å². The number of hydrogen-bond acceptors (Lipinski definition) is 3. The third-order valence-electron chi connectivity index (χ3n) is 3.65. The van der Waals surface area contributed by atoms with Crippen molar-refractivity contribution in [2.24, 2.45) is 4.99 Å². The van der Waals surface area contributed by atoms with E-state index in [4.69, 9.17) is 4.74 Å². The molecule has 1 amide bonds. The fourth-order valence-electron chi connectivity index (χ4n) is 2.52. The Kier molecular flexibility index (Phi) is 5.76. The number of aliphatic imine (C=N–C) groups is 1. The number of ether oxygens (including phenoxy) is 1. The van der Waals surface area contributed by atoms with Gasteiger partial charge in [0.15, 0.2) is 0 Å². The minimum atomic E-state index is -0.577. The molecule has 1 aliphatic heterocycles. The minimum absolute atomic E-state index is 0.198. The third kappa shape index (κ3) is 5.17. The first-order valence-electron chi connectivity index (χ1n) is 7.48. The number of halogens is 2. The zero-order valence-corrected chi connectivity index (χ0v) is 16.8. The summed E-state index contributed by atoms with van der Waals surface area (Å²) in [6, 6.07) is 5.15. The zero-order chi connectivity index (χ0) is 17.3. The summed E-state index contributed by atoms with van der Waals surface area (Å²) in [6.45, 7) is 7.46. The number of carbonyl (C=O) groups excluding carboxylic acids is 1. The van der Waals surface area contributed by atoms with Crippen LogP contribution in [0.1, 0.15) is 46.1 Å². The standard InChI is InChI=1S/C17H21FINO2S/c1-16(2,3)22-15(21)20-14-10-17(4,7-8-23-14)12-9-11(19)5-6-13(12)18/h5-6,9H,7-8,10H2,1-4H3/t17-/m1/s1. The van der Waals surface area contributed by atoms with Gasteiger partial charge in [-0.15, -0.1) is 11.8 Å². The van der Waals surface area contributed by atoms with Gasteiger partial charge in [0, 0.05) is 21.2 Å². The molecule has 126 valence electrons. The predicted octanol–water partition coefficient (Wildman–Crippen LogP) is 5.55. The van der Waals surface area contributed by atoms with E-state index in [1.807, 2.05) is 33.8 Å². The monoisotopic (exact) mass is 449 g/mol. The van der Waals surface area contributed by atoms with E-state index >= 15 is 0 Å². The normalized spacial score (nSPS) is 23.8. The molecule has 0 unspecified atom stereocenters. The highest BCUT2D eigenvalue weighted by atomic mass is 127. The summed E-state index contributed by atoms with van der Waals surface area (Å²) in [6.07, 6.45) is 0.822. The molecule has 0 aliphatic carbocycles. The molecule has 1 fully saturated rings. The Morgan fingerprint density at radius 3 is 2.78 bits per heavy atom. The maximum atomic E-state index is 14.3. The van der Waals surface area contributed by atoms with Crippen molar-refractivity contribution < 1.29 is 13.9 Å². The second kappa shape index (κ2) is 7.09. The Morgan fingerprint density at radius 1 is 1.43 bits per heavy atom. The van der Waals surface area contributed by atoms with Crippen LogP contribution in [0.25, 0.3) is 0 Å². The molecular formula is C17H21FINO2S. The molecule has 23 heavy (non-hydrogen) atoms. The average molecular weight is 449 g/mol. The van der Waals surface area contributed by atoms with Crippen LogP contribution in [0.2, 0.25) is 0 Å². The van der Waals surface area contributed by atoms with Gasteiger partial charge in [-0.05, 0) is 73.5 Å². The van der Waals surface area contributed by atoms with Crippen molar-refractivity contribution in [1.82, 2.24) is 0 Å². The number of rotatable bonds is 1. The predicted molar refractivity (Wildman–Crippen MR) is 102 cm³/mol. The topological polar surface area (TPSA) is 38.7 Å². The van der Waals surface area contributed by atoms with Crippen molar-refractivity contribution in [3.8, 4) is 0 Å². The lowest BCUT2D eigenvalue weighted by atomic mass is 9.77. The summed E-state index contributed by atoms with van der Waals surface area (Å²) in [5.74, 6) is 0.611. The van der Waals surface area contributed by atoms with E-state index in [9.17, 15) is 9.18 Å². The van der Waals surface area contributed by atoms with Gasteiger partial charge in [0.25, 0.3) is 0 Å². The van der Waals surface area contributed by atoms with E-state index in [0.29, 0.717) is 17.0 Å². The smallest absolute Gasteiger partial charge is 0.434 e.